The Hall–Kier alpha value is -1.71. The largest absolute Gasteiger partial charge is 0.508 e. The molecular weight excluding hydrogens is 471 g/mol. The molecule has 1 aliphatic rings. The highest BCUT2D eigenvalue weighted by atomic mass is 127. The predicted octanol–water partition coefficient (Wildman–Crippen LogP) is 3.12. The number of phenolic OH excluding ortho intramolecular Hbond substituents is 1. The highest BCUT2D eigenvalue weighted by molar-refractivity contribution is 14.0. The number of aryl methyl sites for hydroxylation is 1. The van der Waals surface area contributed by atoms with Gasteiger partial charge in [-0.2, -0.15) is 0 Å². The molecule has 7 nitrogen and oxygen atoms in total. The predicted molar refractivity (Wildman–Crippen MR) is 123 cm³/mol. The second kappa shape index (κ2) is 13.5. The topological polar surface area (TPSA) is 86.2 Å². The first kappa shape index (κ1) is 24.3. The minimum Gasteiger partial charge on any atom is -0.508 e. The summed E-state index contributed by atoms with van der Waals surface area (Å²) >= 11 is 0. The average Bonchev–Trinajstić information content (AvgIpc) is 2.67. The summed E-state index contributed by atoms with van der Waals surface area (Å²) < 4.78 is 5.06. The van der Waals surface area contributed by atoms with Crippen LogP contribution in [0.25, 0.3) is 0 Å². The Morgan fingerprint density at radius 1 is 1.25 bits per heavy atom. The summed E-state index contributed by atoms with van der Waals surface area (Å²) in [5.74, 6) is 1.13. The van der Waals surface area contributed by atoms with E-state index in [0.717, 1.165) is 44.7 Å². The first-order chi connectivity index (χ1) is 13.1. The zero-order valence-corrected chi connectivity index (χ0v) is 19.1. The molecule has 0 radical (unpaired) electrons. The van der Waals surface area contributed by atoms with E-state index in [1.807, 2.05) is 19.1 Å². The molecule has 1 amide bonds. The molecule has 8 heteroatoms. The minimum absolute atomic E-state index is 0. The van der Waals surface area contributed by atoms with E-state index < -0.39 is 0 Å². The highest BCUT2D eigenvalue weighted by Crippen LogP contribution is 2.12. The van der Waals surface area contributed by atoms with Gasteiger partial charge in [0.15, 0.2) is 5.96 Å². The van der Waals surface area contributed by atoms with Crippen molar-refractivity contribution < 1.29 is 14.6 Å². The van der Waals surface area contributed by atoms with E-state index in [1.54, 1.807) is 17.0 Å². The number of nitrogens with one attached hydrogen (secondary N) is 2. The van der Waals surface area contributed by atoms with Gasteiger partial charge in [-0.3, -0.25) is 4.99 Å². The lowest BCUT2D eigenvalue weighted by Crippen LogP contribution is -2.49. The van der Waals surface area contributed by atoms with E-state index in [2.05, 4.69) is 22.5 Å². The Kier molecular flexibility index (Phi) is 11.7. The smallest absolute Gasteiger partial charge is 0.409 e. The molecule has 0 aromatic heterocycles. The van der Waals surface area contributed by atoms with Crippen LogP contribution >= 0.6 is 24.0 Å². The van der Waals surface area contributed by atoms with Crippen LogP contribution in [0, 0.1) is 0 Å². The lowest BCUT2D eigenvalue weighted by Gasteiger charge is -2.32. The molecule has 1 heterocycles. The van der Waals surface area contributed by atoms with Crippen LogP contribution in [0.5, 0.6) is 5.75 Å². The number of aliphatic imine (C=N–C) groups is 1. The monoisotopic (exact) mass is 504 g/mol. The molecule has 158 valence electrons. The number of aromatic hydroxyl groups is 1. The van der Waals surface area contributed by atoms with Crippen molar-refractivity contribution in [3.05, 3.63) is 29.8 Å². The van der Waals surface area contributed by atoms with Crippen LogP contribution in [0.4, 0.5) is 4.79 Å². The first-order valence-electron chi connectivity index (χ1n) is 9.86. The molecule has 0 aliphatic carbocycles. The number of halogens is 1. The third kappa shape index (κ3) is 8.53. The molecule has 3 N–H and O–H groups in total. The number of benzene rings is 1. The second-order valence-electron chi connectivity index (χ2n) is 6.64. The number of hydrogen-bond acceptors (Lipinski definition) is 4. The Morgan fingerprint density at radius 3 is 2.54 bits per heavy atom. The number of rotatable bonds is 7. The summed E-state index contributed by atoms with van der Waals surface area (Å²) in [6.45, 7) is 7.25. The number of piperidine rings is 1. The van der Waals surface area contributed by atoms with Crippen molar-refractivity contribution in [2.45, 2.75) is 45.6 Å². The number of ether oxygens (including phenoxy) is 1. The molecule has 1 aromatic carbocycles. The first-order valence-corrected chi connectivity index (χ1v) is 9.86. The maximum atomic E-state index is 11.8. The molecule has 1 aromatic rings. The molecule has 1 fully saturated rings. The Morgan fingerprint density at radius 2 is 1.93 bits per heavy atom. The summed E-state index contributed by atoms with van der Waals surface area (Å²) in [4.78, 5) is 18.2. The number of carbonyl (C=O) groups is 1. The third-order valence-corrected chi connectivity index (χ3v) is 4.54. The molecule has 2 rings (SSSR count). The zero-order chi connectivity index (χ0) is 19.5. The Balaban J connectivity index is 0.00000392. The maximum absolute atomic E-state index is 11.8. The molecule has 1 aliphatic heterocycles. The average molecular weight is 504 g/mol. The van der Waals surface area contributed by atoms with Gasteiger partial charge in [-0.15, -0.1) is 24.0 Å². The summed E-state index contributed by atoms with van der Waals surface area (Å²) in [7, 11) is 0. The summed E-state index contributed by atoms with van der Waals surface area (Å²) in [5.41, 5.74) is 1.20. The van der Waals surface area contributed by atoms with Gasteiger partial charge in [-0.1, -0.05) is 12.1 Å². The molecule has 0 unspecified atom stereocenters. The molecular formula is C20H33IN4O3. The van der Waals surface area contributed by atoms with E-state index in [9.17, 15) is 9.90 Å². The third-order valence-electron chi connectivity index (χ3n) is 4.54. The van der Waals surface area contributed by atoms with Crippen LogP contribution in [0.1, 0.15) is 38.7 Å². The number of guanidine groups is 1. The van der Waals surface area contributed by atoms with Crippen LogP contribution in [0.15, 0.2) is 29.3 Å². The van der Waals surface area contributed by atoms with Crippen LogP contribution in [-0.4, -0.2) is 60.9 Å². The normalized spacial score (nSPS) is 14.9. The van der Waals surface area contributed by atoms with E-state index in [0.29, 0.717) is 31.5 Å². The van der Waals surface area contributed by atoms with Crippen LogP contribution < -0.4 is 10.6 Å². The van der Waals surface area contributed by atoms with Gasteiger partial charge in [0, 0.05) is 32.2 Å². The Bertz CT molecular complexity index is 602. The lowest BCUT2D eigenvalue weighted by molar-refractivity contribution is 0.0963. The summed E-state index contributed by atoms with van der Waals surface area (Å²) in [6.07, 6.45) is 3.43. The number of likely N-dealkylation sites (tertiary alicyclic amines) is 1. The fraction of sp³-hybridized carbons (Fsp3) is 0.600. The molecule has 0 atom stereocenters. The van der Waals surface area contributed by atoms with Gasteiger partial charge in [-0.25, -0.2) is 4.79 Å². The summed E-state index contributed by atoms with van der Waals surface area (Å²) in [5, 5.41) is 16.1. The van der Waals surface area contributed by atoms with Gasteiger partial charge >= 0.3 is 6.09 Å². The Labute approximate surface area is 185 Å². The van der Waals surface area contributed by atoms with Crippen molar-refractivity contribution in [1.29, 1.82) is 0 Å². The molecule has 0 saturated carbocycles. The highest BCUT2D eigenvalue weighted by Gasteiger charge is 2.23. The molecule has 1 saturated heterocycles. The van der Waals surface area contributed by atoms with Gasteiger partial charge < -0.3 is 25.4 Å². The van der Waals surface area contributed by atoms with Gasteiger partial charge in [0.05, 0.1) is 6.61 Å². The van der Waals surface area contributed by atoms with Gasteiger partial charge in [-0.05, 0) is 57.2 Å². The van der Waals surface area contributed by atoms with E-state index in [1.165, 1.54) is 5.56 Å². The van der Waals surface area contributed by atoms with Crippen molar-refractivity contribution in [3.63, 3.8) is 0 Å². The molecule has 28 heavy (non-hydrogen) atoms. The lowest BCUT2D eigenvalue weighted by atomic mass is 10.1. The fourth-order valence-corrected chi connectivity index (χ4v) is 3.07. The number of phenols is 1. The standard InChI is InChI=1S/C20H32N4O3.HI/c1-3-21-19(22-13-5-6-16-7-9-18(25)10-8-16)23-17-11-14-24(15-12-17)20(26)27-4-2;/h7-10,17,25H,3-6,11-15H2,1-2H3,(H2,21,22,23);1H. The van der Waals surface area contributed by atoms with Crippen molar-refractivity contribution in [2.75, 3.05) is 32.8 Å². The van der Waals surface area contributed by atoms with E-state index >= 15 is 0 Å². The van der Waals surface area contributed by atoms with Gasteiger partial charge in [0.1, 0.15) is 5.75 Å². The number of amides is 1. The van der Waals surface area contributed by atoms with E-state index in [-0.39, 0.29) is 30.1 Å². The summed E-state index contributed by atoms with van der Waals surface area (Å²) in [6, 6.07) is 7.63. The van der Waals surface area contributed by atoms with Crippen LogP contribution in [0.3, 0.4) is 0 Å². The van der Waals surface area contributed by atoms with Crippen molar-refractivity contribution in [3.8, 4) is 5.75 Å². The van der Waals surface area contributed by atoms with Crippen molar-refractivity contribution in [2.24, 2.45) is 4.99 Å². The van der Waals surface area contributed by atoms with Crippen molar-refractivity contribution in [1.82, 2.24) is 15.5 Å². The van der Waals surface area contributed by atoms with E-state index in [4.69, 9.17) is 4.74 Å². The molecule has 0 bridgehead atoms. The maximum Gasteiger partial charge on any atom is 0.409 e. The van der Waals surface area contributed by atoms with Gasteiger partial charge in [0.2, 0.25) is 0 Å². The number of nitrogens with zero attached hydrogens (tertiary/aromatic N) is 2. The zero-order valence-electron chi connectivity index (χ0n) is 16.8. The van der Waals surface area contributed by atoms with Gasteiger partial charge in [0.25, 0.3) is 0 Å². The molecule has 0 spiro atoms. The van der Waals surface area contributed by atoms with Crippen LogP contribution in [-0.2, 0) is 11.2 Å². The van der Waals surface area contributed by atoms with Crippen molar-refractivity contribution >= 4 is 36.0 Å². The second-order valence-corrected chi connectivity index (χ2v) is 6.64. The van der Waals surface area contributed by atoms with Crippen LogP contribution in [0.2, 0.25) is 0 Å². The SMILES string of the molecule is CCNC(=NCCCc1ccc(O)cc1)NC1CCN(C(=O)OCC)CC1.I. The quantitative estimate of drug-likeness (QED) is 0.230. The fourth-order valence-electron chi connectivity index (χ4n) is 3.07. The minimum atomic E-state index is -0.217. The number of hydrogen-bond donors (Lipinski definition) is 3. The number of carbonyl (C=O) groups excluding carboxylic acids is 1.